The van der Waals surface area contributed by atoms with E-state index in [-0.39, 0.29) is 6.03 Å². The van der Waals surface area contributed by atoms with Crippen LogP contribution in [0, 0.1) is 0 Å². The molecular weight excluding hydrogens is 220 g/mol. The first kappa shape index (κ1) is 12.6. The van der Waals surface area contributed by atoms with Crippen molar-refractivity contribution in [3.8, 4) is 0 Å². The third-order valence-corrected chi connectivity index (χ3v) is 2.42. The van der Waals surface area contributed by atoms with Gasteiger partial charge in [0.15, 0.2) is 0 Å². The SMILES string of the molecule is CCCCNC(=O)NC(=S)c1ccccc1. The molecule has 1 aromatic rings. The second kappa shape index (κ2) is 6.95. The molecule has 4 heteroatoms. The van der Waals surface area contributed by atoms with Gasteiger partial charge < -0.3 is 5.32 Å². The van der Waals surface area contributed by atoms with E-state index in [0.717, 1.165) is 18.4 Å². The summed E-state index contributed by atoms with van der Waals surface area (Å²) in [6.07, 6.45) is 2.04. The van der Waals surface area contributed by atoms with Crippen molar-refractivity contribution >= 4 is 23.2 Å². The van der Waals surface area contributed by atoms with E-state index in [1.165, 1.54) is 0 Å². The van der Waals surface area contributed by atoms with Crippen LogP contribution in [0.15, 0.2) is 30.3 Å². The van der Waals surface area contributed by atoms with Gasteiger partial charge in [-0.05, 0) is 6.42 Å². The molecule has 1 aromatic carbocycles. The van der Waals surface area contributed by atoms with E-state index >= 15 is 0 Å². The normalized spacial score (nSPS) is 9.56. The average Bonchev–Trinajstić information content (AvgIpc) is 2.30. The zero-order chi connectivity index (χ0) is 11.8. The van der Waals surface area contributed by atoms with Gasteiger partial charge >= 0.3 is 6.03 Å². The lowest BCUT2D eigenvalue weighted by molar-refractivity contribution is 0.245. The van der Waals surface area contributed by atoms with E-state index < -0.39 is 0 Å². The van der Waals surface area contributed by atoms with Crippen LogP contribution in [0.2, 0.25) is 0 Å². The first-order valence-electron chi connectivity index (χ1n) is 5.38. The van der Waals surface area contributed by atoms with Crippen molar-refractivity contribution in [3.63, 3.8) is 0 Å². The molecule has 2 N–H and O–H groups in total. The van der Waals surface area contributed by atoms with Crippen molar-refractivity contribution in [1.82, 2.24) is 10.6 Å². The number of rotatable bonds is 4. The van der Waals surface area contributed by atoms with Crippen molar-refractivity contribution in [3.05, 3.63) is 35.9 Å². The molecule has 0 aliphatic carbocycles. The number of carbonyl (C=O) groups is 1. The van der Waals surface area contributed by atoms with Gasteiger partial charge in [0.25, 0.3) is 0 Å². The number of amides is 2. The van der Waals surface area contributed by atoms with Gasteiger partial charge in [-0.2, -0.15) is 0 Å². The van der Waals surface area contributed by atoms with Crippen molar-refractivity contribution in [2.24, 2.45) is 0 Å². The molecular formula is C12H16N2OS. The molecule has 0 aliphatic heterocycles. The Balaban J connectivity index is 2.37. The van der Waals surface area contributed by atoms with Crippen LogP contribution in [0.25, 0.3) is 0 Å². The van der Waals surface area contributed by atoms with Gasteiger partial charge in [-0.15, -0.1) is 0 Å². The van der Waals surface area contributed by atoms with E-state index in [0.29, 0.717) is 11.5 Å². The Morgan fingerprint density at radius 3 is 2.62 bits per heavy atom. The van der Waals surface area contributed by atoms with E-state index in [1.807, 2.05) is 30.3 Å². The summed E-state index contributed by atoms with van der Waals surface area (Å²) >= 11 is 5.10. The van der Waals surface area contributed by atoms with E-state index in [4.69, 9.17) is 12.2 Å². The van der Waals surface area contributed by atoms with E-state index in [9.17, 15) is 4.79 Å². The van der Waals surface area contributed by atoms with Crippen molar-refractivity contribution in [2.75, 3.05) is 6.54 Å². The summed E-state index contributed by atoms with van der Waals surface area (Å²) in [5, 5.41) is 5.38. The smallest absolute Gasteiger partial charge is 0.319 e. The van der Waals surface area contributed by atoms with Gasteiger partial charge in [0.1, 0.15) is 4.99 Å². The molecule has 0 heterocycles. The molecule has 0 aromatic heterocycles. The van der Waals surface area contributed by atoms with Gasteiger partial charge in [-0.1, -0.05) is 55.9 Å². The maximum Gasteiger partial charge on any atom is 0.319 e. The molecule has 0 atom stereocenters. The highest BCUT2D eigenvalue weighted by Crippen LogP contribution is 1.98. The second-order valence-electron chi connectivity index (χ2n) is 3.43. The van der Waals surface area contributed by atoms with Gasteiger partial charge in [0, 0.05) is 12.1 Å². The molecule has 0 aliphatic rings. The van der Waals surface area contributed by atoms with Crippen LogP contribution in [0.4, 0.5) is 4.79 Å². The number of hydrogen-bond donors (Lipinski definition) is 2. The predicted molar refractivity (Wildman–Crippen MR) is 69.6 cm³/mol. The minimum Gasteiger partial charge on any atom is -0.338 e. The number of hydrogen-bond acceptors (Lipinski definition) is 2. The zero-order valence-electron chi connectivity index (χ0n) is 9.32. The molecule has 0 saturated carbocycles. The number of carbonyl (C=O) groups excluding carboxylic acids is 1. The van der Waals surface area contributed by atoms with Crippen LogP contribution in [-0.4, -0.2) is 17.6 Å². The Morgan fingerprint density at radius 2 is 2.00 bits per heavy atom. The molecule has 0 unspecified atom stereocenters. The molecule has 3 nitrogen and oxygen atoms in total. The maximum atomic E-state index is 11.4. The minimum absolute atomic E-state index is 0.234. The Labute approximate surface area is 101 Å². The van der Waals surface area contributed by atoms with Gasteiger partial charge in [-0.3, -0.25) is 5.32 Å². The standard InChI is InChI=1S/C12H16N2OS/c1-2-3-9-13-12(15)14-11(16)10-7-5-4-6-8-10/h4-8H,2-3,9H2,1H3,(H2,13,14,15,16). The average molecular weight is 236 g/mol. The van der Waals surface area contributed by atoms with Crippen LogP contribution < -0.4 is 10.6 Å². The maximum absolute atomic E-state index is 11.4. The molecule has 0 radical (unpaired) electrons. The fourth-order valence-electron chi connectivity index (χ4n) is 1.19. The van der Waals surface area contributed by atoms with E-state index in [1.54, 1.807) is 0 Å². The summed E-state index contributed by atoms with van der Waals surface area (Å²) in [5.41, 5.74) is 0.850. The first-order chi connectivity index (χ1) is 7.74. The number of unbranched alkanes of at least 4 members (excludes halogenated alkanes) is 1. The fraction of sp³-hybridized carbons (Fsp3) is 0.333. The Bertz CT molecular complexity index is 351. The molecule has 0 bridgehead atoms. The molecule has 0 spiro atoms. The lowest BCUT2D eigenvalue weighted by Crippen LogP contribution is -2.39. The van der Waals surface area contributed by atoms with Gasteiger partial charge in [0.05, 0.1) is 0 Å². The summed E-state index contributed by atoms with van der Waals surface area (Å²) in [6.45, 7) is 2.76. The lowest BCUT2D eigenvalue weighted by atomic mass is 10.2. The molecule has 16 heavy (non-hydrogen) atoms. The summed E-state index contributed by atoms with van der Waals surface area (Å²) in [5.74, 6) is 0. The minimum atomic E-state index is -0.234. The highest BCUT2D eigenvalue weighted by atomic mass is 32.1. The highest BCUT2D eigenvalue weighted by Gasteiger charge is 2.04. The molecule has 0 saturated heterocycles. The highest BCUT2D eigenvalue weighted by molar-refractivity contribution is 7.80. The fourth-order valence-corrected chi connectivity index (χ4v) is 1.42. The van der Waals surface area contributed by atoms with Crippen molar-refractivity contribution in [1.29, 1.82) is 0 Å². The number of benzene rings is 1. The lowest BCUT2D eigenvalue weighted by Gasteiger charge is -2.07. The number of urea groups is 1. The van der Waals surface area contributed by atoms with Crippen molar-refractivity contribution < 1.29 is 4.79 Å². The quantitative estimate of drug-likeness (QED) is 0.623. The summed E-state index contributed by atoms with van der Waals surface area (Å²) in [7, 11) is 0. The molecule has 2 amide bonds. The van der Waals surface area contributed by atoms with Crippen LogP contribution >= 0.6 is 12.2 Å². The topological polar surface area (TPSA) is 41.1 Å². The van der Waals surface area contributed by atoms with Crippen molar-refractivity contribution in [2.45, 2.75) is 19.8 Å². The Morgan fingerprint density at radius 1 is 1.31 bits per heavy atom. The Kier molecular flexibility index (Phi) is 5.50. The second-order valence-corrected chi connectivity index (χ2v) is 3.84. The first-order valence-corrected chi connectivity index (χ1v) is 5.79. The molecule has 86 valence electrons. The summed E-state index contributed by atoms with van der Waals surface area (Å²) < 4.78 is 0. The molecule has 1 rings (SSSR count). The van der Waals surface area contributed by atoms with Gasteiger partial charge in [0.2, 0.25) is 0 Å². The van der Waals surface area contributed by atoms with Crippen LogP contribution in [0.3, 0.4) is 0 Å². The van der Waals surface area contributed by atoms with Gasteiger partial charge in [-0.25, -0.2) is 4.79 Å². The van der Waals surface area contributed by atoms with Crippen LogP contribution in [0.1, 0.15) is 25.3 Å². The largest absolute Gasteiger partial charge is 0.338 e. The summed E-state index contributed by atoms with van der Waals surface area (Å²) in [4.78, 5) is 11.8. The van der Waals surface area contributed by atoms with Crippen LogP contribution in [-0.2, 0) is 0 Å². The zero-order valence-corrected chi connectivity index (χ0v) is 10.1. The summed E-state index contributed by atoms with van der Waals surface area (Å²) in [6, 6.07) is 9.19. The van der Waals surface area contributed by atoms with Crippen LogP contribution in [0.5, 0.6) is 0 Å². The predicted octanol–water partition coefficient (Wildman–Crippen LogP) is 2.46. The molecule has 0 fully saturated rings. The van der Waals surface area contributed by atoms with E-state index in [2.05, 4.69) is 17.6 Å². The number of nitrogens with one attached hydrogen (secondary N) is 2. The third kappa shape index (κ3) is 4.40. The third-order valence-electron chi connectivity index (χ3n) is 2.08. The Hall–Kier alpha value is -1.42. The monoisotopic (exact) mass is 236 g/mol. The number of thiocarbonyl (C=S) groups is 1.